The fraction of sp³-hybridized carbons (Fsp3) is 0.111. The summed E-state index contributed by atoms with van der Waals surface area (Å²) in [5.74, 6) is 0. The van der Waals surface area contributed by atoms with Crippen molar-refractivity contribution in [1.82, 2.24) is 0 Å². The van der Waals surface area contributed by atoms with Crippen molar-refractivity contribution in [2.75, 3.05) is 5.32 Å². The number of hydrogen-bond acceptors (Lipinski definition) is 1. The molecule has 0 saturated heterocycles. The minimum absolute atomic E-state index is 0.823. The smallest absolute Gasteiger partial charge is 0.0489 e. The Kier molecular flexibility index (Phi) is 3.75. The van der Waals surface area contributed by atoms with Gasteiger partial charge in [0.2, 0.25) is 0 Å². The van der Waals surface area contributed by atoms with Crippen molar-refractivity contribution < 1.29 is 0 Å². The molecule has 0 spiro atoms. The molecular formula is C18H16BrN. The van der Waals surface area contributed by atoms with Crippen LogP contribution in [-0.2, 0) is 6.54 Å². The summed E-state index contributed by atoms with van der Waals surface area (Å²) in [6.07, 6.45) is 0. The van der Waals surface area contributed by atoms with Crippen LogP contribution in [0.2, 0.25) is 0 Å². The van der Waals surface area contributed by atoms with Crippen LogP contribution >= 0.6 is 15.9 Å². The van der Waals surface area contributed by atoms with Crippen LogP contribution in [-0.4, -0.2) is 0 Å². The molecule has 0 aliphatic carbocycles. The van der Waals surface area contributed by atoms with E-state index in [1.54, 1.807) is 0 Å². The Bertz CT molecular complexity index is 744. The van der Waals surface area contributed by atoms with E-state index < -0.39 is 0 Å². The molecule has 2 heteroatoms. The summed E-state index contributed by atoms with van der Waals surface area (Å²) < 4.78 is 1.10. The molecule has 3 aromatic rings. The summed E-state index contributed by atoms with van der Waals surface area (Å²) >= 11 is 3.59. The van der Waals surface area contributed by atoms with Gasteiger partial charge in [-0.25, -0.2) is 0 Å². The van der Waals surface area contributed by atoms with Crippen molar-refractivity contribution >= 4 is 32.4 Å². The summed E-state index contributed by atoms with van der Waals surface area (Å²) in [5.41, 5.74) is 3.71. The second kappa shape index (κ2) is 5.68. The van der Waals surface area contributed by atoms with Crippen molar-refractivity contribution in [3.63, 3.8) is 0 Å². The SMILES string of the molecule is Cc1ccc(Br)c(NCc2cccc3ccccc23)c1. The number of aryl methyl sites for hydroxylation is 1. The first-order valence-corrected chi connectivity index (χ1v) is 7.50. The lowest BCUT2D eigenvalue weighted by molar-refractivity contribution is 1.16. The van der Waals surface area contributed by atoms with Gasteiger partial charge in [-0.3, -0.25) is 0 Å². The Morgan fingerprint density at radius 3 is 2.65 bits per heavy atom. The molecule has 0 amide bonds. The highest BCUT2D eigenvalue weighted by molar-refractivity contribution is 9.10. The summed E-state index contributed by atoms with van der Waals surface area (Å²) in [5, 5.41) is 6.11. The molecular weight excluding hydrogens is 310 g/mol. The summed E-state index contributed by atoms with van der Waals surface area (Å²) in [7, 11) is 0. The minimum Gasteiger partial charge on any atom is -0.380 e. The second-order valence-corrected chi connectivity index (χ2v) is 5.83. The first-order valence-electron chi connectivity index (χ1n) is 6.71. The van der Waals surface area contributed by atoms with E-state index in [0.717, 1.165) is 16.7 Å². The Labute approximate surface area is 127 Å². The quantitative estimate of drug-likeness (QED) is 0.668. The van der Waals surface area contributed by atoms with Crippen LogP contribution in [0.25, 0.3) is 10.8 Å². The Morgan fingerprint density at radius 2 is 1.75 bits per heavy atom. The van der Waals surface area contributed by atoms with Gasteiger partial charge in [-0.15, -0.1) is 0 Å². The average Bonchev–Trinajstić information content (AvgIpc) is 2.48. The maximum absolute atomic E-state index is 3.59. The molecule has 1 N–H and O–H groups in total. The van der Waals surface area contributed by atoms with E-state index >= 15 is 0 Å². The van der Waals surface area contributed by atoms with Crippen LogP contribution in [0.1, 0.15) is 11.1 Å². The van der Waals surface area contributed by atoms with E-state index in [1.807, 2.05) is 0 Å². The zero-order valence-corrected chi connectivity index (χ0v) is 12.9. The zero-order valence-electron chi connectivity index (χ0n) is 11.4. The van der Waals surface area contributed by atoms with Crippen molar-refractivity contribution in [2.45, 2.75) is 13.5 Å². The molecule has 20 heavy (non-hydrogen) atoms. The largest absolute Gasteiger partial charge is 0.380 e. The van der Waals surface area contributed by atoms with E-state index in [-0.39, 0.29) is 0 Å². The molecule has 0 atom stereocenters. The molecule has 3 aromatic carbocycles. The molecule has 0 aromatic heterocycles. The van der Waals surface area contributed by atoms with E-state index in [1.165, 1.54) is 21.9 Å². The van der Waals surface area contributed by atoms with Crippen molar-refractivity contribution in [3.05, 3.63) is 76.3 Å². The van der Waals surface area contributed by atoms with Crippen LogP contribution < -0.4 is 5.32 Å². The van der Waals surface area contributed by atoms with E-state index in [2.05, 4.69) is 88.8 Å². The van der Waals surface area contributed by atoms with Crippen LogP contribution in [0.3, 0.4) is 0 Å². The third-order valence-electron chi connectivity index (χ3n) is 3.47. The standard InChI is InChI=1S/C18H16BrN/c1-13-9-10-17(19)18(11-13)20-12-15-7-4-6-14-5-2-3-8-16(14)15/h2-11,20H,12H2,1H3. The monoisotopic (exact) mass is 325 g/mol. The van der Waals surface area contributed by atoms with Crippen molar-refractivity contribution in [2.24, 2.45) is 0 Å². The van der Waals surface area contributed by atoms with Gasteiger partial charge >= 0.3 is 0 Å². The molecule has 0 aliphatic heterocycles. The maximum Gasteiger partial charge on any atom is 0.0489 e. The zero-order chi connectivity index (χ0) is 13.9. The number of rotatable bonds is 3. The van der Waals surface area contributed by atoms with Gasteiger partial charge in [0.25, 0.3) is 0 Å². The highest BCUT2D eigenvalue weighted by Crippen LogP contribution is 2.25. The molecule has 0 fully saturated rings. The second-order valence-electron chi connectivity index (χ2n) is 4.98. The van der Waals surface area contributed by atoms with Crippen LogP contribution in [0.15, 0.2) is 65.1 Å². The van der Waals surface area contributed by atoms with Crippen LogP contribution in [0, 0.1) is 6.92 Å². The van der Waals surface area contributed by atoms with E-state index in [4.69, 9.17) is 0 Å². The number of benzene rings is 3. The third kappa shape index (κ3) is 2.70. The molecule has 1 nitrogen and oxygen atoms in total. The fourth-order valence-electron chi connectivity index (χ4n) is 2.41. The molecule has 0 heterocycles. The van der Waals surface area contributed by atoms with Gasteiger partial charge in [0.15, 0.2) is 0 Å². The van der Waals surface area contributed by atoms with Crippen molar-refractivity contribution in [3.8, 4) is 0 Å². The summed E-state index contributed by atoms with van der Waals surface area (Å²) in [6.45, 7) is 2.93. The van der Waals surface area contributed by atoms with Gasteiger partial charge in [-0.05, 0) is 56.9 Å². The van der Waals surface area contributed by atoms with Gasteiger partial charge < -0.3 is 5.32 Å². The number of halogens is 1. The lowest BCUT2D eigenvalue weighted by atomic mass is 10.0. The maximum atomic E-state index is 3.59. The van der Waals surface area contributed by atoms with Gasteiger partial charge in [-0.1, -0.05) is 48.5 Å². The van der Waals surface area contributed by atoms with Crippen LogP contribution in [0.5, 0.6) is 0 Å². The fourth-order valence-corrected chi connectivity index (χ4v) is 2.80. The number of nitrogens with one attached hydrogen (secondary N) is 1. The Morgan fingerprint density at radius 1 is 0.950 bits per heavy atom. The lowest BCUT2D eigenvalue weighted by Gasteiger charge is -2.11. The number of hydrogen-bond donors (Lipinski definition) is 1. The number of anilines is 1. The topological polar surface area (TPSA) is 12.0 Å². The molecule has 0 bridgehead atoms. The highest BCUT2D eigenvalue weighted by atomic mass is 79.9. The van der Waals surface area contributed by atoms with Gasteiger partial charge in [0, 0.05) is 16.7 Å². The Balaban J connectivity index is 1.89. The van der Waals surface area contributed by atoms with Gasteiger partial charge in [0.05, 0.1) is 0 Å². The normalized spacial score (nSPS) is 10.7. The van der Waals surface area contributed by atoms with Crippen LogP contribution in [0.4, 0.5) is 5.69 Å². The molecule has 100 valence electrons. The lowest BCUT2D eigenvalue weighted by Crippen LogP contribution is -2.01. The Hall–Kier alpha value is -1.80. The predicted molar refractivity (Wildman–Crippen MR) is 90.2 cm³/mol. The molecule has 0 unspecified atom stereocenters. The molecule has 3 rings (SSSR count). The first kappa shape index (κ1) is 13.2. The molecule has 0 radical (unpaired) electrons. The first-order chi connectivity index (χ1) is 9.74. The van der Waals surface area contributed by atoms with Gasteiger partial charge in [-0.2, -0.15) is 0 Å². The van der Waals surface area contributed by atoms with Crippen molar-refractivity contribution in [1.29, 1.82) is 0 Å². The third-order valence-corrected chi connectivity index (χ3v) is 4.16. The van der Waals surface area contributed by atoms with E-state index in [0.29, 0.717) is 0 Å². The summed E-state index contributed by atoms with van der Waals surface area (Å²) in [4.78, 5) is 0. The molecule has 0 saturated carbocycles. The minimum atomic E-state index is 0.823. The summed E-state index contributed by atoms with van der Waals surface area (Å²) in [6, 6.07) is 21.3. The predicted octanol–water partition coefficient (Wildman–Crippen LogP) is 5.52. The van der Waals surface area contributed by atoms with Gasteiger partial charge in [0.1, 0.15) is 0 Å². The average molecular weight is 326 g/mol. The highest BCUT2D eigenvalue weighted by Gasteiger charge is 2.03. The number of fused-ring (bicyclic) bond motifs is 1. The molecule has 0 aliphatic rings. The van der Waals surface area contributed by atoms with E-state index in [9.17, 15) is 0 Å².